The van der Waals surface area contributed by atoms with Gasteiger partial charge in [-0.1, -0.05) is 0 Å². The molecule has 12 heavy (non-hydrogen) atoms. The van der Waals surface area contributed by atoms with E-state index in [0.717, 1.165) is 0 Å². The summed E-state index contributed by atoms with van der Waals surface area (Å²) < 4.78 is 0. The van der Waals surface area contributed by atoms with Gasteiger partial charge in [-0.3, -0.25) is 0 Å². The second kappa shape index (κ2) is 3.73. The molecular formula is C7H14N2O3. The number of hydrogen-bond acceptors (Lipinski definition) is 3. The molecule has 0 spiro atoms. The number of aliphatic hydroxyl groups excluding tert-OH is 1. The summed E-state index contributed by atoms with van der Waals surface area (Å²) in [6.45, 7) is 2.78. The molecule has 0 aromatic rings. The van der Waals surface area contributed by atoms with Crippen LogP contribution in [-0.2, 0) is 0 Å². The van der Waals surface area contributed by atoms with Crippen molar-refractivity contribution >= 4 is 6.09 Å². The third kappa shape index (κ3) is 1.86. The molecule has 1 heterocycles. The molecule has 1 saturated heterocycles. The van der Waals surface area contributed by atoms with Crippen LogP contribution in [-0.4, -0.2) is 53.0 Å². The Morgan fingerprint density at radius 1 is 1.75 bits per heavy atom. The molecule has 1 amide bonds. The lowest BCUT2D eigenvalue weighted by molar-refractivity contribution is 0.0738. The van der Waals surface area contributed by atoms with E-state index in [4.69, 9.17) is 10.2 Å². The van der Waals surface area contributed by atoms with Crippen molar-refractivity contribution in [1.82, 2.24) is 10.2 Å². The van der Waals surface area contributed by atoms with Gasteiger partial charge in [0.15, 0.2) is 0 Å². The van der Waals surface area contributed by atoms with Crippen LogP contribution < -0.4 is 5.32 Å². The smallest absolute Gasteiger partial charge is 0.407 e. The van der Waals surface area contributed by atoms with Gasteiger partial charge in [0, 0.05) is 19.1 Å². The summed E-state index contributed by atoms with van der Waals surface area (Å²) >= 11 is 0. The number of aliphatic hydroxyl groups is 1. The first kappa shape index (κ1) is 9.28. The lowest BCUT2D eigenvalue weighted by Crippen LogP contribution is -2.58. The Kier molecular flexibility index (Phi) is 2.88. The number of nitrogens with one attached hydrogen (secondary N) is 1. The molecule has 1 fully saturated rings. The lowest BCUT2D eigenvalue weighted by Gasteiger charge is -2.36. The Balaban J connectivity index is 2.58. The van der Waals surface area contributed by atoms with Crippen LogP contribution >= 0.6 is 0 Å². The standard InChI is InChI=1S/C7H14N2O3/c1-5-3-9(7(11)12)6(4-10)2-8-5/h5-6,8,10H,2-4H2,1H3,(H,11,12)/t5-,6-/m1/s1. The van der Waals surface area contributed by atoms with E-state index < -0.39 is 6.09 Å². The fourth-order valence-electron chi connectivity index (χ4n) is 1.35. The van der Waals surface area contributed by atoms with Gasteiger partial charge in [0.25, 0.3) is 0 Å². The molecule has 1 rings (SSSR count). The monoisotopic (exact) mass is 174 g/mol. The summed E-state index contributed by atoms with van der Waals surface area (Å²) in [5.41, 5.74) is 0. The second-order valence-electron chi connectivity index (χ2n) is 3.08. The third-order valence-corrected chi connectivity index (χ3v) is 2.07. The molecule has 0 saturated carbocycles. The van der Waals surface area contributed by atoms with Gasteiger partial charge in [-0.05, 0) is 6.92 Å². The van der Waals surface area contributed by atoms with Gasteiger partial charge in [-0.15, -0.1) is 0 Å². The van der Waals surface area contributed by atoms with E-state index in [1.54, 1.807) is 0 Å². The summed E-state index contributed by atoms with van der Waals surface area (Å²) in [7, 11) is 0. The van der Waals surface area contributed by atoms with Gasteiger partial charge in [0.2, 0.25) is 0 Å². The minimum Gasteiger partial charge on any atom is -0.465 e. The van der Waals surface area contributed by atoms with Crippen molar-refractivity contribution in [2.75, 3.05) is 19.7 Å². The van der Waals surface area contributed by atoms with Gasteiger partial charge in [0.05, 0.1) is 12.6 Å². The molecule has 70 valence electrons. The van der Waals surface area contributed by atoms with E-state index in [2.05, 4.69) is 5.32 Å². The van der Waals surface area contributed by atoms with Crippen LogP contribution in [0.3, 0.4) is 0 Å². The maximum atomic E-state index is 10.7. The average molecular weight is 174 g/mol. The van der Waals surface area contributed by atoms with Crippen LogP contribution in [0, 0.1) is 0 Å². The Bertz CT molecular complexity index is 174. The van der Waals surface area contributed by atoms with Crippen molar-refractivity contribution in [1.29, 1.82) is 0 Å². The van der Waals surface area contributed by atoms with Crippen molar-refractivity contribution in [2.24, 2.45) is 0 Å². The molecule has 0 aliphatic carbocycles. The Morgan fingerprint density at radius 3 is 2.92 bits per heavy atom. The molecule has 0 bridgehead atoms. The zero-order valence-electron chi connectivity index (χ0n) is 7.03. The summed E-state index contributed by atoms with van der Waals surface area (Å²) in [5.74, 6) is 0. The first-order valence-corrected chi connectivity index (χ1v) is 3.99. The Morgan fingerprint density at radius 2 is 2.42 bits per heavy atom. The van der Waals surface area contributed by atoms with Gasteiger partial charge < -0.3 is 20.4 Å². The van der Waals surface area contributed by atoms with Crippen LogP contribution in [0.4, 0.5) is 4.79 Å². The number of piperazine rings is 1. The number of carbonyl (C=O) groups is 1. The van der Waals surface area contributed by atoms with Gasteiger partial charge >= 0.3 is 6.09 Å². The average Bonchev–Trinajstić information content (AvgIpc) is 2.04. The normalized spacial score (nSPS) is 30.3. The molecule has 1 aliphatic heterocycles. The predicted molar refractivity (Wildman–Crippen MR) is 43.1 cm³/mol. The number of hydrogen-bond donors (Lipinski definition) is 3. The van der Waals surface area contributed by atoms with E-state index in [-0.39, 0.29) is 18.7 Å². The third-order valence-electron chi connectivity index (χ3n) is 2.07. The van der Waals surface area contributed by atoms with Crippen LogP contribution in [0.2, 0.25) is 0 Å². The largest absolute Gasteiger partial charge is 0.465 e. The van der Waals surface area contributed by atoms with Crippen LogP contribution in [0.1, 0.15) is 6.92 Å². The van der Waals surface area contributed by atoms with Crippen molar-refractivity contribution in [3.05, 3.63) is 0 Å². The van der Waals surface area contributed by atoms with Crippen molar-refractivity contribution in [2.45, 2.75) is 19.0 Å². The van der Waals surface area contributed by atoms with Gasteiger partial charge in [-0.2, -0.15) is 0 Å². The molecule has 0 unspecified atom stereocenters. The lowest BCUT2D eigenvalue weighted by atomic mass is 10.1. The molecule has 2 atom stereocenters. The Labute approximate surface area is 71.0 Å². The number of amides is 1. The van der Waals surface area contributed by atoms with E-state index in [0.29, 0.717) is 13.1 Å². The first-order chi connectivity index (χ1) is 5.65. The van der Waals surface area contributed by atoms with E-state index in [1.807, 2.05) is 6.92 Å². The molecular weight excluding hydrogens is 160 g/mol. The van der Waals surface area contributed by atoms with Crippen LogP contribution in [0.25, 0.3) is 0 Å². The van der Waals surface area contributed by atoms with Crippen LogP contribution in [0.15, 0.2) is 0 Å². The minimum atomic E-state index is -0.956. The molecule has 5 nitrogen and oxygen atoms in total. The summed E-state index contributed by atoms with van der Waals surface area (Å²) in [6.07, 6.45) is -0.956. The molecule has 0 aromatic carbocycles. The molecule has 3 N–H and O–H groups in total. The number of rotatable bonds is 1. The second-order valence-corrected chi connectivity index (χ2v) is 3.08. The highest BCUT2D eigenvalue weighted by Crippen LogP contribution is 2.06. The highest BCUT2D eigenvalue weighted by Gasteiger charge is 2.28. The minimum absolute atomic E-state index is 0.119. The Hall–Kier alpha value is -0.810. The quantitative estimate of drug-likeness (QED) is 0.492. The fraction of sp³-hybridized carbons (Fsp3) is 0.857. The number of carboxylic acid groups (broad SMARTS) is 1. The zero-order valence-corrected chi connectivity index (χ0v) is 7.03. The molecule has 1 aliphatic rings. The van der Waals surface area contributed by atoms with E-state index >= 15 is 0 Å². The predicted octanol–water partition coefficient (Wildman–Crippen LogP) is -0.681. The summed E-state index contributed by atoms with van der Waals surface area (Å²) in [4.78, 5) is 11.9. The van der Waals surface area contributed by atoms with Crippen molar-refractivity contribution in [3.63, 3.8) is 0 Å². The van der Waals surface area contributed by atoms with E-state index in [1.165, 1.54) is 4.90 Å². The zero-order chi connectivity index (χ0) is 9.14. The summed E-state index contributed by atoms with van der Waals surface area (Å²) in [6, 6.07) is -0.123. The van der Waals surface area contributed by atoms with Gasteiger partial charge in [0.1, 0.15) is 0 Å². The van der Waals surface area contributed by atoms with E-state index in [9.17, 15) is 4.79 Å². The van der Waals surface area contributed by atoms with Gasteiger partial charge in [-0.25, -0.2) is 4.79 Å². The molecule has 5 heteroatoms. The molecule has 0 aromatic heterocycles. The maximum Gasteiger partial charge on any atom is 0.407 e. The number of nitrogens with zero attached hydrogens (tertiary/aromatic N) is 1. The first-order valence-electron chi connectivity index (χ1n) is 3.99. The van der Waals surface area contributed by atoms with Crippen molar-refractivity contribution < 1.29 is 15.0 Å². The summed E-state index contributed by atoms with van der Waals surface area (Å²) in [5, 5.41) is 20.7. The van der Waals surface area contributed by atoms with Crippen LogP contribution in [0.5, 0.6) is 0 Å². The van der Waals surface area contributed by atoms with Crippen molar-refractivity contribution in [3.8, 4) is 0 Å². The topological polar surface area (TPSA) is 72.8 Å². The highest BCUT2D eigenvalue weighted by molar-refractivity contribution is 5.65. The molecule has 0 radical (unpaired) electrons. The SMILES string of the molecule is C[C@@H]1CN(C(=O)O)[C@@H](CO)CN1. The fourth-order valence-corrected chi connectivity index (χ4v) is 1.35. The maximum absolute atomic E-state index is 10.7. The highest BCUT2D eigenvalue weighted by atomic mass is 16.4.